The Kier molecular flexibility index (Phi) is 18.7. The van der Waals surface area contributed by atoms with Crippen molar-refractivity contribution in [3.63, 3.8) is 0 Å². The lowest BCUT2D eigenvalue weighted by molar-refractivity contribution is -0.107. The predicted molar refractivity (Wildman–Crippen MR) is 161 cm³/mol. The fourth-order valence-corrected chi connectivity index (χ4v) is 3.34. The molecule has 0 aliphatic carbocycles. The Bertz CT molecular complexity index is 1180. The molecule has 3 aromatic rings. The molecule has 9 heteroatoms. The highest BCUT2D eigenvalue weighted by molar-refractivity contribution is 5.79. The monoisotopic (exact) mass is 554 g/mol. The normalized spacial score (nSPS) is 9.97. The molecule has 8 nitrogen and oxygen atoms in total. The standard InChI is InChI=1S/C25H25FN4O3.C2H6O.2C2H6/c1-30(14-17-5-9-21(33-2)10-6-17)15-19(4-3-11-31)23-13-28-25(27)24(29-23)18-7-8-20(16-32)22(26)12-18;1-3-2;2*1-2/h5-13,15-16H,3-4,14H2,1-2H3,(H2,27,28);1-2H3;2*1-2H3/b19-15+;;;. The molecule has 0 atom stereocenters. The zero-order valence-electron chi connectivity index (χ0n) is 24.9. The average molecular weight is 555 g/mol. The third-order valence-corrected chi connectivity index (χ3v) is 5.03. The number of rotatable bonds is 10. The van der Waals surface area contributed by atoms with Gasteiger partial charge in [-0.2, -0.15) is 0 Å². The Morgan fingerprint density at radius 1 is 1.02 bits per heavy atom. The Labute approximate surface area is 238 Å². The van der Waals surface area contributed by atoms with E-state index in [1.54, 1.807) is 27.4 Å². The summed E-state index contributed by atoms with van der Waals surface area (Å²) < 4.78 is 23.6. The minimum Gasteiger partial charge on any atom is -0.497 e. The molecule has 2 N–H and O–H groups in total. The van der Waals surface area contributed by atoms with E-state index < -0.39 is 5.82 Å². The number of carbonyl (C=O) groups excluding carboxylic acids is 2. The Hall–Kier alpha value is -4.11. The van der Waals surface area contributed by atoms with E-state index in [1.165, 1.54) is 18.3 Å². The highest BCUT2D eigenvalue weighted by Crippen LogP contribution is 2.27. The van der Waals surface area contributed by atoms with Gasteiger partial charge in [0.25, 0.3) is 0 Å². The third kappa shape index (κ3) is 11.7. The van der Waals surface area contributed by atoms with E-state index in [9.17, 15) is 14.0 Å². The quantitative estimate of drug-likeness (QED) is 0.285. The van der Waals surface area contributed by atoms with Crippen LogP contribution < -0.4 is 10.5 Å². The molecule has 0 unspecified atom stereocenters. The Balaban J connectivity index is 0.00000199. The molecule has 0 fully saturated rings. The second kappa shape index (κ2) is 20.8. The smallest absolute Gasteiger partial charge is 0.152 e. The van der Waals surface area contributed by atoms with Crippen LogP contribution in [0, 0.1) is 5.82 Å². The van der Waals surface area contributed by atoms with Gasteiger partial charge >= 0.3 is 0 Å². The van der Waals surface area contributed by atoms with E-state index in [-0.39, 0.29) is 11.4 Å². The molecule has 2 aromatic carbocycles. The summed E-state index contributed by atoms with van der Waals surface area (Å²) in [5.74, 6) is 0.259. The largest absolute Gasteiger partial charge is 0.497 e. The summed E-state index contributed by atoms with van der Waals surface area (Å²) in [6, 6.07) is 11.9. The van der Waals surface area contributed by atoms with Crippen LogP contribution in [-0.2, 0) is 16.1 Å². The molecule has 0 aliphatic rings. The molecule has 218 valence electrons. The average Bonchev–Trinajstić information content (AvgIpc) is 2.98. The number of benzene rings is 2. The van der Waals surface area contributed by atoms with Gasteiger partial charge in [-0.15, -0.1) is 0 Å². The molecule has 1 heterocycles. The number of anilines is 1. The van der Waals surface area contributed by atoms with E-state index in [2.05, 4.69) is 14.7 Å². The number of nitrogens with zero attached hydrogens (tertiary/aromatic N) is 3. The molecule has 3 rings (SSSR count). The van der Waals surface area contributed by atoms with Crippen LogP contribution >= 0.6 is 0 Å². The molecule has 1 aromatic heterocycles. The van der Waals surface area contributed by atoms with Gasteiger partial charge in [0.15, 0.2) is 6.29 Å². The van der Waals surface area contributed by atoms with E-state index in [0.29, 0.717) is 42.6 Å². The number of allylic oxidation sites excluding steroid dienone is 1. The van der Waals surface area contributed by atoms with Crippen molar-refractivity contribution in [3.05, 3.63) is 77.5 Å². The van der Waals surface area contributed by atoms with Crippen molar-refractivity contribution in [3.8, 4) is 17.0 Å². The summed E-state index contributed by atoms with van der Waals surface area (Å²) in [7, 11) is 6.79. The number of hydrogen-bond acceptors (Lipinski definition) is 8. The van der Waals surface area contributed by atoms with Gasteiger partial charge in [0, 0.05) is 46.0 Å². The van der Waals surface area contributed by atoms with Crippen LogP contribution in [0.4, 0.5) is 10.2 Å². The Morgan fingerprint density at radius 2 is 1.65 bits per heavy atom. The molecule has 0 aliphatic heterocycles. The predicted octanol–water partition coefficient (Wildman–Crippen LogP) is 6.45. The first kappa shape index (κ1) is 35.9. The number of ether oxygens (including phenoxy) is 2. The molecule has 0 bridgehead atoms. The topological polar surface area (TPSA) is 108 Å². The summed E-state index contributed by atoms with van der Waals surface area (Å²) in [6.07, 6.45) is 5.50. The summed E-state index contributed by atoms with van der Waals surface area (Å²) in [6.45, 7) is 8.63. The van der Waals surface area contributed by atoms with Crippen LogP contribution in [0.25, 0.3) is 16.8 Å². The zero-order chi connectivity index (χ0) is 30.5. The fraction of sp³-hybridized carbons (Fsp3) is 0.355. The SMILES string of the molecule is CC.CC.COC.COc1ccc(CN(C)/C=C(\CCC=O)c2cnc(N)c(-c3ccc(C=O)c(F)c3)n2)cc1. The highest BCUT2D eigenvalue weighted by Gasteiger charge is 2.13. The van der Waals surface area contributed by atoms with E-state index in [1.807, 2.05) is 70.1 Å². The molecule has 0 saturated heterocycles. The number of nitrogens with two attached hydrogens (primary N) is 1. The highest BCUT2D eigenvalue weighted by atomic mass is 19.1. The number of halogens is 1. The van der Waals surface area contributed by atoms with Gasteiger partial charge in [0.05, 0.1) is 24.6 Å². The molecule has 40 heavy (non-hydrogen) atoms. The van der Waals surface area contributed by atoms with Crippen molar-refractivity contribution in [2.24, 2.45) is 0 Å². The fourth-order valence-electron chi connectivity index (χ4n) is 3.34. The Morgan fingerprint density at radius 3 is 2.17 bits per heavy atom. The lowest BCUT2D eigenvalue weighted by Crippen LogP contribution is -2.12. The maximum absolute atomic E-state index is 14.1. The van der Waals surface area contributed by atoms with Crippen molar-refractivity contribution in [2.45, 2.75) is 47.1 Å². The molecule has 0 saturated carbocycles. The van der Waals surface area contributed by atoms with Crippen molar-refractivity contribution < 1.29 is 23.5 Å². The van der Waals surface area contributed by atoms with Crippen LogP contribution in [0.2, 0.25) is 0 Å². The summed E-state index contributed by atoms with van der Waals surface area (Å²) >= 11 is 0. The van der Waals surface area contributed by atoms with Crippen molar-refractivity contribution in [2.75, 3.05) is 34.1 Å². The van der Waals surface area contributed by atoms with Gasteiger partial charge in [-0.25, -0.2) is 14.4 Å². The van der Waals surface area contributed by atoms with Crippen LogP contribution in [0.15, 0.2) is 54.9 Å². The van der Waals surface area contributed by atoms with Crippen LogP contribution in [0.1, 0.15) is 62.2 Å². The molecule has 0 spiro atoms. The van der Waals surface area contributed by atoms with Gasteiger partial charge in [0.2, 0.25) is 0 Å². The van der Waals surface area contributed by atoms with Gasteiger partial charge in [-0.3, -0.25) is 4.79 Å². The minimum atomic E-state index is -0.662. The molecular weight excluding hydrogens is 511 g/mol. The summed E-state index contributed by atoms with van der Waals surface area (Å²) in [5.41, 5.74) is 9.07. The van der Waals surface area contributed by atoms with Gasteiger partial charge in [-0.05, 0) is 41.8 Å². The van der Waals surface area contributed by atoms with Crippen LogP contribution in [-0.4, -0.2) is 55.8 Å². The number of nitrogen functional groups attached to an aromatic ring is 1. The zero-order valence-corrected chi connectivity index (χ0v) is 24.9. The number of aromatic nitrogens is 2. The molecule has 0 amide bonds. The minimum absolute atomic E-state index is 0.0480. The number of hydrogen-bond donors (Lipinski definition) is 1. The second-order valence-corrected chi connectivity index (χ2v) is 7.87. The van der Waals surface area contributed by atoms with Crippen molar-refractivity contribution in [1.29, 1.82) is 0 Å². The second-order valence-electron chi connectivity index (χ2n) is 7.87. The number of aldehydes is 2. The first-order valence-corrected chi connectivity index (χ1v) is 13.1. The van der Waals surface area contributed by atoms with Gasteiger partial charge in [-0.1, -0.05) is 45.9 Å². The lowest BCUT2D eigenvalue weighted by atomic mass is 10.1. The van der Waals surface area contributed by atoms with Crippen LogP contribution in [0.5, 0.6) is 5.75 Å². The number of methoxy groups -OCH3 is 2. The maximum atomic E-state index is 14.1. The first-order chi connectivity index (χ1) is 19.4. The van der Waals surface area contributed by atoms with Crippen LogP contribution in [0.3, 0.4) is 0 Å². The van der Waals surface area contributed by atoms with Crippen molar-refractivity contribution >= 4 is 24.0 Å². The maximum Gasteiger partial charge on any atom is 0.152 e. The van der Waals surface area contributed by atoms with Crippen molar-refractivity contribution in [1.82, 2.24) is 14.9 Å². The summed E-state index contributed by atoms with van der Waals surface area (Å²) in [5, 5.41) is 0. The van der Waals surface area contributed by atoms with Gasteiger partial charge < -0.3 is 24.9 Å². The number of carbonyl (C=O) groups is 2. The third-order valence-electron chi connectivity index (χ3n) is 5.03. The lowest BCUT2D eigenvalue weighted by Gasteiger charge is -2.18. The first-order valence-electron chi connectivity index (χ1n) is 13.1. The van der Waals surface area contributed by atoms with E-state index in [0.717, 1.165) is 23.2 Å². The van der Waals surface area contributed by atoms with Gasteiger partial charge in [0.1, 0.15) is 29.4 Å². The summed E-state index contributed by atoms with van der Waals surface area (Å²) in [4.78, 5) is 32.8. The van der Waals surface area contributed by atoms with E-state index >= 15 is 0 Å². The van der Waals surface area contributed by atoms with E-state index in [4.69, 9.17) is 10.5 Å². The molecule has 0 radical (unpaired) electrons. The molecular formula is C31H43FN4O4.